The van der Waals surface area contributed by atoms with E-state index in [2.05, 4.69) is 22.3 Å². The molecule has 0 aliphatic rings. The van der Waals surface area contributed by atoms with E-state index in [9.17, 15) is 0 Å². The fraction of sp³-hybridized carbons (Fsp3) is 0.556. The Morgan fingerprint density at radius 1 is 1.60 bits per heavy atom. The molecule has 84 valence electrons. The number of nitrogens with two attached hydrogens (primary N) is 1. The van der Waals surface area contributed by atoms with Crippen LogP contribution in [-0.2, 0) is 4.74 Å². The SMILES string of the molecule is COCC(C)N(C)c1cc(NN)ncn1. The van der Waals surface area contributed by atoms with Crippen LogP contribution in [0.3, 0.4) is 0 Å². The summed E-state index contributed by atoms with van der Waals surface area (Å²) in [7, 11) is 3.63. The van der Waals surface area contributed by atoms with Gasteiger partial charge in [-0.15, -0.1) is 0 Å². The quantitative estimate of drug-likeness (QED) is 0.536. The van der Waals surface area contributed by atoms with Crippen LogP contribution >= 0.6 is 0 Å². The molecule has 0 saturated carbocycles. The van der Waals surface area contributed by atoms with Gasteiger partial charge in [-0.05, 0) is 6.92 Å². The van der Waals surface area contributed by atoms with Crippen LogP contribution < -0.4 is 16.2 Å². The zero-order valence-electron chi connectivity index (χ0n) is 9.27. The Bertz CT molecular complexity index is 306. The molecule has 0 spiro atoms. The molecule has 0 aliphatic carbocycles. The number of hydrazine groups is 1. The lowest BCUT2D eigenvalue weighted by Crippen LogP contribution is -2.33. The van der Waals surface area contributed by atoms with Crippen molar-refractivity contribution in [3.8, 4) is 0 Å². The highest BCUT2D eigenvalue weighted by atomic mass is 16.5. The topological polar surface area (TPSA) is 76.3 Å². The molecule has 0 saturated heterocycles. The lowest BCUT2D eigenvalue weighted by Gasteiger charge is -2.25. The van der Waals surface area contributed by atoms with Crippen molar-refractivity contribution < 1.29 is 4.74 Å². The average molecular weight is 211 g/mol. The molecule has 0 amide bonds. The Labute approximate surface area is 89.4 Å². The Balaban J connectivity index is 2.76. The first-order chi connectivity index (χ1) is 7.19. The van der Waals surface area contributed by atoms with E-state index in [4.69, 9.17) is 10.6 Å². The lowest BCUT2D eigenvalue weighted by atomic mass is 10.3. The number of likely N-dealkylation sites (N-methyl/N-ethyl adjacent to an activating group) is 1. The number of rotatable bonds is 5. The second-order valence-electron chi connectivity index (χ2n) is 3.32. The third-order valence-electron chi connectivity index (χ3n) is 2.23. The van der Waals surface area contributed by atoms with Crippen LogP contribution in [0.25, 0.3) is 0 Å². The van der Waals surface area contributed by atoms with Crippen LogP contribution in [0.15, 0.2) is 12.4 Å². The minimum Gasteiger partial charge on any atom is -0.383 e. The third-order valence-corrected chi connectivity index (χ3v) is 2.23. The number of nitrogens with zero attached hydrogens (tertiary/aromatic N) is 3. The van der Waals surface area contributed by atoms with Gasteiger partial charge in [-0.3, -0.25) is 0 Å². The first-order valence-corrected chi connectivity index (χ1v) is 4.69. The summed E-state index contributed by atoms with van der Waals surface area (Å²) in [6.07, 6.45) is 1.47. The number of nitrogen functional groups attached to an aromatic ring is 1. The van der Waals surface area contributed by atoms with Crippen LogP contribution in [-0.4, -0.2) is 36.8 Å². The van der Waals surface area contributed by atoms with Gasteiger partial charge in [0, 0.05) is 20.2 Å². The van der Waals surface area contributed by atoms with Crippen molar-refractivity contribution >= 4 is 11.6 Å². The summed E-state index contributed by atoms with van der Waals surface area (Å²) in [5.41, 5.74) is 2.48. The number of hydrogen-bond acceptors (Lipinski definition) is 6. The van der Waals surface area contributed by atoms with Gasteiger partial charge in [0.2, 0.25) is 0 Å². The minimum atomic E-state index is 0.246. The van der Waals surface area contributed by atoms with Gasteiger partial charge in [0.25, 0.3) is 0 Å². The smallest absolute Gasteiger partial charge is 0.145 e. The van der Waals surface area contributed by atoms with E-state index in [1.165, 1.54) is 6.33 Å². The molecule has 0 bridgehead atoms. The predicted octanol–water partition coefficient (Wildman–Crippen LogP) is 0.233. The summed E-state index contributed by atoms with van der Waals surface area (Å²) < 4.78 is 5.08. The molecule has 15 heavy (non-hydrogen) atoms. The number of hydrogen-bond donors (Lipinski definition) is 2. The van der Waals surface area contributed by atoms with E-state index in [0.29, 0.717) is 12.4 Å². The van der Waals surface area contributed by atoms with Crippen LogP contribution in [0.5, 0.6) is 0 Å². The van der Waals surface area contributed by atoms with E-state index in [1.54, 1.807) is 13.2 Å². The number of anilines is 2. The summed E-state index contributed by atoms with van der Waals surface area (Å²) in [4.78, 5) is 10.1. The molecule has 0 aliphatic heterocycles. The van der Waals surface area contributed by atoms with Gasteiger partial charge in [0.1, 0.15) is 18.0 Å². The molecule has 0 radical (unpaired) electrons. The van der Waals surface area contributed by atoms with E-state index < -0.39 is 0 Å². The van der Waals surface area contributed by atoms with Gasteiger partial charge in [-0.2, -0.15) is 0 Å². The third kappa shape index (κ3) is 3.03. The highest BCUT2D eigenvalue weighted by molar-refractivity contribution is 5.47. The zero-order valence-corrected chi connectivity index (χ0v) is 9.27. The maximum Gasteiger partial charge on any atom is 0.145 e. The predicted molar refractivity (Wildman–Crippen MR) is 59.6 cm³/mol. The highest BCUT2D eigenvalue weighted by Crippen LogP contribution is 2.14. The summed E-state index contributed by atoms with van der Waals surface area (Å²) in [5, 5.41) is 0. The largest absolute Gasteiger partial charge is 0.383 e. The van der Waals surface area contributed by atoms with Crippen LogP contribution in [0.2, 0.25) is 0 Å². The summed E-state index contributed by atoms with van der Waals surface area (Å²) in [6, 6.07) is 2.03. The molecule has 1 unspecified atom stereocenters. The van der Waals surface area contributed by atoms with Crippen LogP contribution in [0.4, 0.5) is 11.6 Å². The lowest BCUT2D eigenvalue weighted by molar-refractivity contribution is 0.183. The highest BCUT2D eigenvalue weighted by Gasteiger charge is 2.11. The molecular weight excluding hydrogens is 194 g/mol. The average Bonchev–Trinajstić information content (AvgIpc) is 2.28. The van der Waals surface area contributed by atoms with Crippen molar-refractivity contribution in [2.75, 3.05) is 31.1 Å². The maximum absolute atomic E-state index is 5.27. The minimum absolute atomic E-state index is 0.246. The van der Waals surface area contributed by atoms with Crippen molar-refractivity contribution in [1.82, 2.24) is 9.97 Å². The Morgan fingerprint density at radius 3 is 2.93 bits per heavy atom. The molecule has 1 aromatic heterocycles. The van der Waals surface area contributed by atoms with Gasteiger partial charge >= 0.3 is 0 Å². The van der Waals surface area contributed by atoms with Crippen molar-refractivity contribution in [1.29, 1.82) is 0 Å². The Kier molecular flexibility index (Phi) is 4.26. The molecule has 0 fully saturated rings. The van der Waals surface area contributed by atoms with Gasteiger partial charge < -0.3 is 15.1 Å². The second-order valence-corrected chi connectivity index (χ2v) is 3.32. The standard InChI is InChI=1S/C9H17N5O/c1-7(5-15-3)14(2)9-4-8(13-10)11-6-12-9/h4,6-7H,5,10H2,1-3H3,(H,11,12,13). The molecular formula is C9H17N5O. The molecule has 1 atom stereocenters. The van der Waals surface area contributed by atoms with E-state index in [-0.39, 0.29) is 6.04 Å². The molecule has 6 heteroatoms. The van der Waals surface area contributed by atoms with E-state index >= 15 is 0 Å². The normalized spacial score (nSPS) is 12.3. The molecule has 0 aromatic carbocycles. The first-order valence-electron chi connectivity index (χ1n) is 4.69. The van der Waals surface area contributed by atoms with Crippen molar-refractivity contribution in [2.45, 2.75) is 13.0 Å². The van der Waals surface area contributed by atoms with Gasteiger partial charge in [0.05, 0.1) is 12.6 Å². The number of nitrogens with one attached hydrogen (secondary N) is 1. The molecule has 6 nitrogen and oxygen atoms in total. The number of methoxy groups -OCH3 is 1. The van der Waals surface area contributed by atoms with Crippen LogP contribution in [0, 0.1) is 0 Å². The van der Waals surface area contributed by atoms with Crippen molar-refractivity contribution in [2.24, 2.45) is 5.84 Å². The summed E-state index contributed by atoms with van der Waals surface area (Å²) >= 11 is 0. The maximum atomic E-state index is 5.27. The van der Waals surface area contributed by atoms with Crippen molar-refractivity contribution in [3.05, 3.63) is 12.4 Å². The van der Waals surface area contributed by atoms with Gasteiger partial charge in [0.15, 0.2) is 0 Å². The second kappa shape index (κ2) is 5.47. The monoisotopic (exact) mass is 211 g/mol. The zero-order chi connectivity index (χ0) is 11.3. The fourth-order valence-electron chi connectivity index (χ4n) is 1.20. The summed E-state index contributed by atoms with van der Waals surface area (Å²) in [5.74, 6) is 6.67. The van der Waals surface area contributed by atoms with E-state index in [0.717, 1.165) is 5.82 Å². The van der Waals surface area contributed by atoms with Gasteiger partial charge in [-0.25, -0.2) is 15.8 Å². The molecule has 1 aromatic rings. The van der Waals surface area contributed by atoms with Gasteiger partial charge in [-0.1, -0.05) is 0 Å². The number of aromatic nitrogens is 2. The van der Waals surface area contributed by atoms with Crippen molar-refractivity contribution in [3.63, 3.8) is 0 Å². The molecule has 3 N–H and O–H groups in total. The first kappa shape index (κ1) is 11.7. The fourth-order valence-corrected chi connectivity index (χ4v) is 1.20. The summed E-state index contributed by atoms with van der Waals surface area (Å²) in [6.45, 7) is 2.70. The molecule has 1 rings (SSSR count). The van der Waals surface area contributed by atoms with E-state index in [1.807, 2.05) is 11.9 Å². The Morgan fingerprint density at radius 2 is 2.33 bits per heavy atom. The van der Waals surface area contributed by atoms with Crippen LogP contribution in [0.1, 0.15) is 6.92 Å². The Hall–Kier alpha value is -1.40. The number of ether oxygens (including phenoxy) is 1. The molecule has 1 heterocycles.